The second kappa shape index (κ2) is 2.84. The summed E-state index contributed by atoms with van der Waals surface area (Å²) >= 11 is 0. The molecule has 1 N–H and O–H groups in total. The number of hydrogen-bond acceptors (Lipinski definition) is 1. The van der Waals surface area contributed by atoms with Crippen LogP contribution >= 0.6 is 0 Å². The molecule has 2 aliphatic carbocycles. The van der Waals surface area contributed by atoms with Gasteiger partial charge in [-0.3, -0.25) is 0 Å². The van der Waals surface area contributed by atoms with Crippen LogP contribution in [0.2, 0.25) is 0 Å². The number of allylic oxidation sites excluding steroid dienone is 1. The fourth-order valence-electron chi connectivity index (χ4n) is 3.28. The molecule has 0 saturated heterocycles. The summed E-state index contributed by atoms with van der Waals surface area (Å²) in [6.07, 6.45) is 4.76. The van der Waals surface area contributed by atoms with Crippen LogP contribution in [0.1, 0.15) is 33.6 Å². The van der Waals surface area contributed by atoms with Crippen LogP contribution in [0.15, 0.2) is 11.6 Å². The smallest absolute Gasteiger partial charge is 0.0615 e. The van der Waals surface area contributed by atoms with Gasteiger partial charge in [-0.15, -0.1) is 0 Å². The Kier molecular flexibility index (Phi) is 2.03. The average molecular weight is 180 g/mol. The van der Waals surface area contributed by atoms with Crippen molar-refractivity contribution in [3.63, 3.8) is 0 Å². The topological polar surface area (TPSA) is 20.2 Å². The highest BCUT2D eigenvalue weighted by Gasteiger charge is 2.60. The molecule has 0 aromatic heterocycles. The highest BCUT2D eigenvalue weighted by atomic mass is 16.2. The molecular weight excluding hydrogens is 160 g/mol. The molecule has 74 valence electrons. The Morgan fingerprint density at radius 2 is 2.15 bits per heavy atom. The van der Waals surface area contributed by atoms with Gasteiger partial charge in [0.2, 0.25) is 0 Å². The first-order valence-electron chi connectivity index (χ1n) is 5.40. The molecule has 3 unspecified atom stereocenters. The Balaban J connectivity index is 2.20. The molecule has 0 bridgehead atoms. The summed E-state index contributed by atoms with van der Waals surface area (Å²) < 4.78 is 0. The van der Waals surface area contributed by atoms with Crippen LogP contribution in [0.3, 0.4) is 0 Å². The van der Waals surface area contributed by atoms with Gasteiger partial charge in [-0.05, 0) is 36.0 Å². The summed E-state index contributed by atoms with van der Waals surface area (Å²) in [5, 5.41) is 8.97. The molecule has 2 saturated carbocycles. The first-order valence-corrected chi connectivity index (χ1v) is 5.40. The van der Waals surface area contributed by atoms with Gasteiger partial charge in [0.05, 0.1) is 6.61 Å². The average Bonchev–Trinajstić information content (AvgIpc) is 2.61. The Bertz CT molecular complexity index is 240. The molecule has 13 heavy (non-hydrogen) atoms. The monoisotopic (exact) mass is 180 g/mol. The number of hydrogen-bond donors (Lipinski definition) is 1. The highest BCUT2D eigenvalue weighted by Crippen LogP contribution is 2.67. The van der Waals surface area contributed by atoms with Crippen LogP contribution in [-0.2, 0) is 0 Å². The Hall–Kier alpha value is -0.300. The fourth-order valence-corrected chi connectivity index (χ4v) is 3.28. The summed E-state index contributed by atoms with van der Waals surface area (Å²) in [5.74, 6) is 2.39. The second-order valence-corrected chi connectivity index (χ2v) is 5.27. The first-order chi connectivity index (χ1) is 6.09. The van der Waals surface area contributed by atoms with E-state index < -0.39 is 0 Å². The van der Waals surface area contributed by atoms with Crippen molar-refractivity contribution in [1.29, 1.82) is 0 Å². The lowest BCUT2D eigenvalue weighted by atomic mass is 9.85. The zero-order valence-corrected chi connectivity index (χ0v) is 8.88. The van der Waals surface area contributed by atoms with E-state index >= 15 is 0 Å². The second-order valence-electron chi connectivity index (χ2n) is 5.27. The summed E-state index contributed by atoms with van der Waals surface area (Å²) in [4.78, 5) is 0. The van der Waals surface area contributed by atoms with Crippen molar-refractivity contribution in [3.8, 4) is 0 Å². The van der Waals surface area contributed by atoms with Crippen molar-refractivity contribution in [2.24, 2.45) is 23.2 Å². The zero-order valence-electron chi connectivity index (χ0n) is 8.88. The van der Waals surface area contributed by atoms with Gasteiger partial charge in [-0.1, -0.05) is 32.4 Å². The van der Waals surface area contributed by atoms with Gasteiger partial charge in [-0.25, -0.2) is 0 Å². The number of fused-ring (bicyclic) bond motifs is 1. The summed E-state index contributed by atoms with van der Waals surface area (Å²) in [6.45, 7) is 7.25. The molecule has 0 aliphatic heterocycles. The van der Waals surface area contributed by atoms with Crippen LogP contribution in [-0.4, -0.2) is 11.7 Å². The fraction of sp³-hybridized carbons (Fsp3) is 0.833. The van der Waals surface area contributed by atoms with E-state index in [0.717, 1.165) is 11.8 Å². The molecule has 1 heteroatoms. The molecular formula is C12H20O. The van der Waals surface area contributed by atoms with Crippen molar-refractivity contribution >= 4 is 0 Å². The van der Waals surface area contributed by atoms with Crippen molar-refractivity contribution in [2.75, 3.05) is 6.61 Å². The Morgan fingerprint density at radius 1 is 1.46 bits per heavy atom. The Labute approximate surface area is 80.8 Å². The molecule has 0 aromatic rings. The highest BCUT2D eigenvalue weighted by molar-refractivity contribution is 5.28. The van der Waals surface area contributed by atoms with Crippen LogP contribution < -0.4 is 0 Å². The van der Waals surface area contributed by atoms with E-state index in [1.54, 1.807) is 0 Å². The maximum atomic E-state index is 8.97. The summed E-state index contributed by atoms with van der Waals surface area (Å²) in [6, 6.07) is 0. The minimum Gasteiger partial charge on any atom is -0.392 e. The van der Waals surface area contributed by atoms with E-state index in [1.807, 2.05) is 0 Å². The number of aliphatic hydroxyl groups excluding tert-OH is 1. The van der Waals surface area contributed by atoms with Gasteiger partial charge in [-0.2, -0.15) is 0 Å². The lowest BCUT2D eigenvalue weighted by Gasteiger charge is -2.20. The van der Waals surface area contributed by atoms with E-state index in [1.165, 1.54) is 18.4 Å². The molecule has 1 nitrogen and oxygen atoms in total. The van der Waals surface area contributed by atoms with Gasteiger partial charge in [0.25, 0.3) is 0 Å². The normalized spacial score (nSPS) is 44.6. The molecule has 3 atom stereocenters. The van der Waals surface area contributed by atoms with Crippen LogP contribution in [0.5, 0.6) is 0 Å². The summed E-state index contributed by atoms with van der Waals surface area (Å²) in [5.41, 5.74) is 2.05. The molecule has 0 radical (unpaired) electrons. The van der Waals surface area contributed by atoms with Gasteiger partial charge >= 0.3 is 0 Å². The predicted octanol–water partition coefficient (Wildman–Crippen LogP) is 2.61. The van der Waals surface area contributed by atoms with E-state index in [0.29, 0.717) is 11.3 Å². The minimum atomic E-state index is 0.221. The lowest BCUT2D eigenvalue weighted by molar-refractivity contribution is 0.337. The predicted molar refractivity (Wildman–Crippen MR) is 54.3 cm³/mol. The van der Waals surface area contributed by atoms with Crippen LogP contribution in [0.4, 0.5) is 0 Å². The standard InChI is InChI=1S/C12H20O/c1-8-4-5-10-11(12(10,2)3)9(8)6-7-13/h6,8,10-11,13H,4-5,7H2,1-3H3/b9-6-. The van der Waals surface area contributed by atoms with E-state index in [4.69, 9.17) is 5.11 Å². The Morgan fingerprint density at radius 3 is 2.77 bits per heavy atom. The largest absolute Gasteiger partial charge is 0.392 e. The van der Waals surface area contributed by atoms with E-state index in [2.05, 4.69) is 26.8 Å². The molecule has 0 spiro atoms. The molecule has 2 fully saturated rings. The van der Waals surface area contributed by atoms with Crippen LogP contribution in [0, 0.1) is 23.2 Å². The minimum absolute atomic E-state index is 0.221. The third-order valence-corrected chi connectivity index (χ3v) is 4.22. The van der Waals surface area contributed by atoms with E-state index in [-0.39, 0.29) is 6.61 Å². The third-order valence-electron chi connectivity index (χ3n) is 4.22. The molecule has 0 amide bonds. The molecule has 0 heterocycles. The number of aliphatic hydroxyl groups is 1. The van der Waals surface area contributed by atoms with Gasteiger partial charge in [0.15, 0.2) is 0 Å². The molecule has 2 rings (SSSR count). The summed E-state index contributed by atoms with van der Waals surface area (Å²) in [7, 11) is 0. The van der Waals surface area contributed by atoms with Crippen molar-refractivity contribution in [2.45, 2.75) is 33.6 Å². The first kappa shape index (κ1) is 9.26. The van der Waals surface area contributed by atoms with Gasteiger partial charge in [0, 0.05) is 0 Å². The van der Waals surface area contributed by atoms with Gasteiger partial charge < -0.3 is 5.11 Å². The SMILES string of the molecule is CC1CCC2C(/C1=C\CO)C2(C)C. The van der Waals surface area contributed by atoms with Gasteiger partial charge in [0.1, 0.15) is 0 Å². The zero-order chi connectivity index (χ0) is 9.64. The van der Waals surface area contributed by atoms with Crippen molar-refractivity contribution < 1.29 is 5.11 Å². The van der Waals surface area contributed by atoms with Crippen molar-refractivity contribution in [1.82, 2.24) is 0 Å². The lowest BCUT2D eigenvalue weighted by Crippen LogP contribution is -2.09. The maximum Gasteiger partial charge on any atom is 0.0615 e. The van der Waals surface area contributed by atoms with Crippen LogP contribution in [0.25, 0.3) is 0 Å². The maximum absolute atomic E-state index is 8.97. The quantitative estimate of drug-likeness (QED) is 0.615. The van der Waals surface area contributed by atoms with Crippen molar-refractivity contribution in [3.05, 3.63) is 11.6 Å². The number of rotatable bonds is 1. The van der Waals surface area contributed by atoms with E-state index in [9.17, 15) is 0 Å². The molecule has 0 aromatic carbocycles. The molecule has 2 aliphatic rings. The third kappa shape index (κ3) is 1.25.